The summed E-state index contributed by atoms with van der Waals surface area (Å²) in [5, 5.41) is 8.15. The molecular weight excluding hydrogens is 120 g/mol. The van der Waals surface area contributed by atoms with E-state index in [4.69, 9.17) is 11.0 Å². The van der Waals surface area contributed by atoms with Crippen LogP contribution in [0.1, 0.15) is 6.42 Å². The van der Waals surface area contributed by atoms with Gasteiger partial charge in [0.05, 0.1) is 6.07 Å². The second kappa shape index (κ2) is 2.95. The van der Waals surface area contributed by atoms with Crippen LogP contribution in [0.15, 0.2) is 0 Å². The van der Waals surface area contributed by atoms with E-state index in [2.05, 4.69) is 0 Å². The van der Waals surface area contributed by atoms with Crippen molar-refractivity contribution in [2.75, 3.05) is 0 Å². The molecule has 4 heteroatoms. The molecule has 0 saturated heterocycles. The largest absolute Gasteiger partial charge is 0.307 e. The van der Waals surface area contributed by atoms with Gasteiger partial charge in [0.15, 0.2) is 11.8 Å². The van der Waals surface area contributed by atoms with E-state index in [1.165, 1.54) is 6.07 Å². The third-order valence-electron chi connectivity index (χ3n) is 0.840. The molecule has 0 fully saturated rings. The molecular formula is C5H6N2O2. The number of nitrogens with zero attached hydrogens (tertiary/aromatic N) is 1. The van der Waals surface area contributed by atoms with Gasteiger partial charge in [0.1, 0.15) is 6.29 Å². The lowest BCUT2D eigenvalue weighted by atomic mass is 10.0. The van der Waals surface area contributed by atoms with Crippen LogP contribution >= 0.6 is 0 Å². The average molecular weight is 126 g/mol. The maximum atomic E-state index is 9.94. The van der Waals surface area contributed by atoms with Gasteiger partial charge in [-0.15, -0.1) is 0 Å². The lowest BCUT2D eigenvalue weighted by Gasteiger charge is -2.06. The Bertz CT molecular complexity index is 161. The molecule has 0 radical (unpaired) electrons. The lowest BCUT2D eigenvalue weighted by molar-refractivity contribution is -0.115. The minimum atomic E-state index is -1.61. The van der Waals surface area contributed by atoms with Crippen molar-refractivity contribution in [1.82, 2.24) is 0 Å². The normalized spacial score (nSPS) is 15.1. The third kappa shape index (κ3) is 2.02. The summed E-state index contributed by atoms with van der Waals surface area (Å²) in [6.07, 6.45) is 0.464. The monoisotopic (exact) mass is 126 g/mol. The van der Waals surface area contributed by atoms with Crippen LogP contribution in [0.4, 0.5) is 0 Å². The molecule has 48 valence electrons. The number of rotatable bonds is 3. The van der Waals surface area contributed by atoms with Crippen molar-refractivity contribution < 1.29 is 9.59 Å². The topological polar surface area (TPSA) is 83.9 Å². The third-order valence-corrected chi connectivity index (χ3v) is 0.840. The highest BCUT2D eigenvalue weighted by Gasteiger charge is 2.22. The summed E-state index contributed by atoms with van der Waals surface area (Å²) >= 11 is 0. The van der Waals surface area contributed by atoms with Crippen LogP contribution in [0.3, 0.4) is 0 Å². The summed E-state index contributed by atoms with van der Waals surface area (Å²) in [6, 6.07) is 1.51. The second-order valence-corrected chi connectivity index (χ2v) is 1.64. The summed E-state index contributed by atoms with van der Waals surface area (Å²) in [5.74, 6) is 0. The van der Waals surface area contributed by atoms with Gasteiger partial charge in [0.2, 0.25) is 0 Å². The summed E-state index contributed by atoms with van der Waals surface area (Å²) in [4.78, 5) is 19.7. The van der Waals surface area contributed by atoms with Crippen LogP contribution in [-0.2, 0) is 9.59 Å². The van der Waals surface area contributed by atoms with Crippen LogP contribution in [0, 0.1) is 11.3 Å². The fraction of sp³-hybridized carbons (Fsp3) is 0.400. The number of nitrogens with two attached hydrogens (primary N) is 1. The number of hydrogen-bond acceptors (Lipinski definition) is 4. The highest BCUT2D eigenvalue weighted by atomic mass is 16.1. The maximum Gasteiger partial charge on any atom is 0.166 e. The summed E-state index contributed by atoms with van der Waals surface area (Å²) < 4.78 is 0. The van der Waals surface area contributed by atoms with Gasteiger partial charge >= 0.3 is 0 Å². The van der Waals surface area contributed by atoms with Crippen molar-refractivity contribution in [1.29, 1.82) is 5.26 Å². The van der Waals surface area contributed by atoms with Crippen LogP contribution in [-0.4, -0.2) is 18.1 Å². The molecule has 0 heterocycles. The van der Waals surface area contributed by atoms with Crippen LogP contribution in [0.5, 0.6) is 0 Å². The van der Waals surface area contributed by atoms with Crippen molar-refractivity contribution in [3.8, 4) is 6.07 Å². The number of carbonyl (C=O) groups excluding carboxylic acids is 2. The van der Waals surface area contributed by atoms with Crippen molar-refractivity contribution in [2.45, 2.75) is 12.0 Å². The number of carbonyl (C=O) groups is 2. The molecule has 0 amide bonds. The summed E-state index contributed by atoms with van der Waals surface area (Å²) in [5.41, 5.74) is 3.44. The molecule has 1 atom stereocenters. The molecule has 0 bridgehead atoms. The minimum Gasteiger partial charge on any atom is -0.307 e. The average Bonchev–Trinajstić information content (AvgIpc) is 1.89. The number of aldehydes is 2. The first-order chi connectivity index (χ1) is 4.18. The van der Waals surface area contributed by atoms with Crippen LogP contribution in [0.2, 0.25) is 0 Å². The van der Waals surface area contributed by atoms with Crippen molar-refractivity contribution in [3.63, 3.8) is 0 Å². The molecule has 4 nitrogen and oxygen atoms in total. The zero-order valence-electron chi connectivity index (χ0n) is 4.70. The molecule has 1 unspecified atom stereocenters. The Morgan fingerprint density at radius 1 is 1.67 bits per heavy atom. The van der Waals surface area contributed by atoms with E-state index in [1.54, 1.807) is 0 Å². The Hall–Kier alpha value is -1.21. The first kappa shape index (κ1) is 7.79. The molecule has 0 aromatic rings. The quantitative estimate of drug-likeness (QED) is 0.491. The molecule has 0 spiro atoms. The van der Waals surface area contributed by atoms with E-state index in [0.29, 0.717) is 6.29 Å². The zero-order chi connectivity index (χ0) is 7.33. The fourth-order valence-electron chi connectivity index (χ4n) is 0.258. The number of nitriles is 1. The maximum absolute atomic E-state index is 9.94. The van der Waals surface area contributed by atoms with Gasteiger partial charge in [-0.25, -0.2) is 0 Å². The smallest absolute Gasteiger partial charge is 0.166 e. The van der Waals surface area contributed by atoms with Gasteiger partial charge in [-0.2, -0.15) is 5.26 Å². The molecule has 0 aliphatic rings. The van der Waals surface area contributed by atoms with Gasteiger partial charge in [-0.05, 0) is 0 Å². The van der Waals surface area contributed by atoms with Gasteiger partial charge < -0.3 is 15.3 Å². The van der Waals surface area contributed by atoms with E-state index in [0.717, 1.165) is 0 Å². The zero-order valence-corrected chi connectivity index (χ0v) is 4.70. The van der Waals surface area contributed by atoms with Crippen molar-refractivity contribution in [3.05, 3.63) is 0 Å². The number of hydrogen-bond donors (Lipinski definition) is 1. The summed E-state index contributed by atoms with van der Waals surface area (Å²) in [7, 11) is 0. The predicted molar refractivity (Wildman–Crippen MR) is 29.3 cm³/mol. The van der Waals surface area contributed by atoms with Crippen molar-refractivity contribution in [2.24, 2.45) is 5.73 Å². The SMILES string of the molecule is N#CC(N)(C=O)CC=O. The molecule has 0 aliphatic carbocycles. The Labute approximate surface area is 52.3 Å². The van der Waals surface area contributed by atoms with E-state index < -0.39 is 5.54 Å². The van der Waals surface area contributed by atoms with E-state index in [9.17, 15) is 9.59 Å². The van der Waals surface area contributed by atoms with E-state index in [1.807, 2.05) is 0 Å². The molecule has 0 aromatic heterocycles. The summed E-state index contributed by atoms with van der Waals surface area (Å²) in [6.45, 7) is 0. The Morgan fingerprint density at radius 2 is 2.22 bits per heavy atom. The van der Waals surface area contributed by atoms with Gasteiger partial charge in [0, 0.05) is 6.42 Å². The van der Waals surface area contributed by atoms with E-state index >= 15 is 0 Å². The first-order valence-electron chi connectivity index (χ1n) is 2.28. The fourth-order valence-corrected chi connectivity index (χ4v) is 0.258. The van der Waals surface area contributed by atoms with Crippen molar-refractivity contribution >= 4 is 12.6 Å². The van der Waals surface area contributed by atoms with Gasteiger partial charge in [-0.1, -0.05) is 0 Å². The second-order valence-electron chi connectivity index (χ2n) is 1.64. The predicted octanol–water partition coefficient (Wildman–Crippen LogP) is -1.00. The molecule has 0 saturated carbocycles. The van der Waals surface area contributed by atoms with E-state index in [-0.39, 0.29) is 12.7 Å². The molecule has 0 aromatic carbocycles. The Morgan fingerprint density at radius 3 is 2.33 bits per heavy atom. The molecule has 9 heavy (non-hydrogen) atoms. The molecule has 2 N–H and O–H groups in total. The first-order valence-corrected chi connectivity index (χ1v) is 2.28. The molecule has 0 aliphatic heterocycles. The Balaban J connectivity index is 4.12. The van der Waals surface area contributed by atoms with Crippen LogP contribution < -0.4 is 5.73 Å². The Kier molecular flexibility index (Phi) is 2.55. The molecule has 0 rings (SSSR count). The highest BCUT2D eigenvalue weighted by Crippen LogP contribution is 1.96. The lowest BCUT2D eigenvalue weighted by Crippen LogP contribution is -2.40. The van der Waals surface area contributed by atoms with Gasteiger partial charge in [-0.3, -0.25) is 0 Å². The van der Waals surface area contributed by atoms with Gasteiger partial charge in [0.25, 0.3) is 0 Å². The standard InChI is InChI=1S/C5H6N2O2/c6-3-5(7,4-9)1-2-8/h2,4H,1,7H2. The highest BCUT2D eigenvalue weighted by molar-refractivity contribution is 5.74. The van der Waals surface area contributed by atoms with Crippen LogP contribution in [0.25, 0.3) is 0 Å². The minimum absolute atomic E-state index is 0.243.